The van der Waals surface area contributed by atoms with Crippen molar-refractivity contribution >= 4 is 41.3 Å². The highest BCUT2D eigenvalue weighted by Crippen LogP contribution is 2.43. The van der Waals surface area contributed by atoms with Gasteiger partial charge in [-0.3, -0.25) is 9.59 Å². The molecule has 0 saturated carbocycles. The van der Waals surface area contributed by atoms with Crippen molar-refractivity contribution in [1.82, 2.24) is 14.8 Å². The number of halogens is 1. The highest BCUT2D eigenvalue weighted by Gasteiger charge is 2.39. The second kappa shape index (κ2) is 8.80. The number of rotatable bonds is 3. The van der Waals surface area contributed by atoms with Gasteiger partial charge in [-0.15, -0.1) is 12.4 Å². The third-order valence-electron chi connectivity index (χ3n) is 7.99. The number of piperazine rings is 1. The molecule has 9 heteroatoms. The molecule has 0 aliphatic carbocycles. The number of likely N-dealkylation sites (N-methyl/N-ethyl adjacent to an activating group) is 1. The molecule has 1 aromatic carbocycles. The fourth-order valence-electron chi connectivity index (χ4n) is 6.33. The van der Waals surface area contributed by atoms with Crippen LogP contribution in [0.25, 0.3) is 11.1 Å². The Hall–Kier alpha value is -2.32. The number of carbonyl (C=O) groups is 2. The van der Waals surface area contributed by atoms with Crippen molar-refractivity contribution in [2.24, 2.45) is 5.73 Å². The largest absolute Gasteiger partial charge is 0.423 e. The van der Waals surface area contributed by atoms with Gasteiger partial charge in [-0.05, 0) is 64.1 Å². The summed E-state index contributed by atoms with van der Waals surface area (Å²) in [6.45, 7) is 4.50. The average molecular weight is 476 g/mol. The van der Waals surface area contributed by atoms with Gasteiger partial charge in [-0.25, -0.2) is 0 Å². The summed E-state index contributed by atoms with van der Waals surface area (Å²) in [6, 6.07) is 5.05. The van der Waals surface area contributed by atoms with Gasteiger partial charge in [0.25, 0.3) is 11.9 Å². The average Bonchev–Trinajstić information content (AvgIpc) is 3.14. The van der Waals surface area contributed by atoms with Gasteiger partial charge < -0.3 is 24.9 Å². The number of carbonyl (C=O) groups excluding carboxylic acids is 2. The Bertz CT molecular complexity index is 1060. The number of anilines is 1. The first-order chi connectivity index (χ1) is 15.3. The predicted octanol–water partition coefficient (Wildman–Crippen LogP) is 3.13. The lowest BCUT2D eigenvalue weighted by molar-refractivity contribution is -0.133. The van der Waals surface area contributed by atoms with E-state index in [0.29, 0.717) is 41.3 Å². The summed E-state index contributed by atoms with van der Waals surface area (Å²) >= 11 is 0. The van der Waals surface area contributed by atoms with Crippen LogP contribution in [0.3, 0.4) is 0 Å². The zero-order valence-electron chi connectivity index (χ0n) is 19.8. The summed E-state index contributed by atoms with van der Waals surface area (Å²) in [5.74, 6) is -0.152. The number of fused-ring (bicyclic) bond motifs is 3. The molecule has 0 spiro atoms. The number of amides is 2. The van der Waals surface area contributed by atoms with Gasteiger partial charge >= 0.3 is 0 Å². The predicted molar refractivity (Wildman–Crippen MR) is 130 cm³/mol. The lowest BCUT2D eigenvalue weighted by atomic mass is 9.75. The number of nitrogens with two attached hydrogens (primary N) is 1. The normalized spacial score (nSPS) is 30.4. The standard InChI is InChI=1S/C24H33N5O3.ClH/c1-13-12-27(3)23(31)14(2)29(13)24-26-21-19(32-24)9-8-18(20(21)22(25)30)15-10-16-6-5-7-17(11-15)28(16)4;/h8-9,13-17H,5-7,10-12H2,1-4H3,(H2,25,30);1H/t13-,14-,15?,16?,17?;/m0./s1. The van der Waals surface area contributed by atoms with E-state index in [1.54, 1.807) is 4.90 Å². The number of oxazole rings is 1. The van der Waals surface area contributed by atoms with E-state index in [1.807, 2.05) is 37.9 Å². The van der Waals surface area contributed by atoms with Crippen LogP contribution in [0.1, 0.15) is 67.8 Å². The molecule has 5 rings (SSSR count). The summed E-state index contributed by atoms with van der Waals surface area (Å²) in [7, 11) is 4.04. The third kappa shape index (κ3) is 3.87. The van der Waals surface area contributed by atoms with Crippen molar-refractivity contribution in [3.05, 3.63) is 23.3 Å². The van der Waals surface area contributed by atoms with E-state index in [0.717, 1.165) is 18.4 Å². The molecule has 2 bridgehead atoms. The molecule has 3 aliphatic rings. The van der Waals surface area contributed by atoms with E-state index in [9.17, 15) is 9.59 Å². The second-order valence-corrected chi connectivity index (χ2v) is 9.96. The highest BCUT2D eigenvalue weighted by atomic mass is 35.5. The Kier molecular flexibility index (Phi) is 6.35. The van der Waals surface area contributed by atoms with Crippen molar-refractivity contribution in [2.75, 3.05) is 25.5 Å². The van der Waals surface area contributed by atoms with Crippen LogP contribution in [0.5, 0.6) is 0 Å². The van der Waals surface area contributed by atoms with Crippen LogP contribution in [0.4, 0.5) is 6.01 Å². The first kappa shape index (κ1) is 23.8. The minimum atomic E-state index is -0.468. The fraction of sp³-hybridized carbons (Fsp3) is 0.625. The maximum absolute atomic E-state index is 12.7. The van der Waals surface area contributed by atoms with Crippen LogP contribution in [-0.4, -0.2) is 71.4 Å². The number of piperidine rings is 2. The van der Waals surface area contributed by atoms with Crippen molar-refractivity contribution in [1.29, 1.82) is 0 Å². The molecule has 8 nitrogen and oxygen atoms in total. The highest BCUT2D eigenvalue weighted by molar-refractivity contribution is 6.05. The lowest BCUT2D eigenvalue weighted by Gasteiger charge is -2.47. The molecule has 2 N–H and O–H groups in total. The van der Waals surface area contributed by atoms with E-state index < -0.39 is 5.91 Å². The van der Waals surface area contributed by atoms with Crippen LogP contribution in [0.2, 0.25) is 0 Å². The van der Waals surface area contributed by atoms with Gasteiger partial charge in [-0.1, -0.05) is 12.5 Å². The van der Waals surface area contributed by atoms with Gasteiger partial charge in [0.15, 0.2) is 5.58 Å². The topological polar surface area (TPSA) is 95.9 Å². The monoisotopic (exact) mass is 475 g/mol. The molecule has 4 heterocycles. The first-order valence-electron chi connectivity index (χ1n) is 11.7. The number of hydrogen-bond donors (Lipinski definition) is 1. The molecule has 1 aromatic heterocycles. The van der Waals surface area contributed by atoms with Crippen molar-refractivity contribution in [2.45, 2.75) is 76.0 Å². The molecular formula is C24H34ClN5O3. The summed E-state index contributed by atoms with van der Waals surface area (Å²) in [6.07, 6.45) is 5.76. The molecule has 0 radical (unpaired) electrons. The molecule has 3 aliphatic heterocycles. The molecule has 2 unspecified atom stereocenters. The van der Waals surface area contributed by atoms with Crippen LogP contribution in [-0.2, 0) is 4.79 Å². The van der Waals surface area contributed by atoms with Crippen molar-refractivity contribution < 1.29 is 14.0 Å². The smallest absolute Gasteiger partial charge is 0.299 e. The van der Waals surface area contributed by atoms with Gasteiger partial charge in [0.1, 0.15) is 11.6 Å². The van der Waals surface area contributed by atoms with Crippen LogP contribution in [0.15, 0.2) is 16.5 Å². The third-order valence-corrected chi connectivity index (χ3v) is 7.99. The molecular weight excluding hydrogens is 442 g/mol. The molecule has 4 atom stereocenters. The minimum Gasteiger partial charge on any atom is -0.423 e. The Morgan fingerprint density at radius 3 is 2.45 bits per heavy atom. The molecule has 2 aromatic rings. The van der Waals surface area contributed by atoms with E-state index in [2.05, 4.69) is 11.9 Å². The number of aromatic nitrogens is 1. The summed E-state index contributed by atoms with van der Waals surface area (Å²) in [4.78, 5) is 36.1. The Balaban J connectivity index is 0.00000259. The Labute approximate surface area is 200 Å². The summed E-state index contributed by atoms with van der Waals surface area (Å²) in [5.41, 5.74) is 8.43. The number of nitrogens with zero attached hydrogens (tertiary/aromatic N) is 4. The van der Waals surface area contributed by atoms with Crippen LogP contribution in [0, 0.1) is 0 Å². The molecule has 2 amide bonds. The van der Waals surface area contributed by atoms with Gasteiger partial charge in [0.05, 0.1) is 5.56 Å². The van der Waals surface area contributed by atoms with Crippen molar-refractivity contribution in [3.8, 4) is 0 Å². The van der Waals surface area contributed by atoms with Crippen LogP contribution < -0.4 is 10.6 Å². The summed E-state index contributed by atoms with van der Waals surface area (Å²) in [5, 5.41) is 0. The quantitative estimate of drug-likeness (QED) is 0.732. The Morgan fingerprint density at radius 1 is 1.15 bits per heavy atom. The zero-order valence-corrected chi connectivity index (χ0v) is 20.6. The van der Waals surface area contributed by atoms with E-state index in [4.69, 9.17) is 15.1 Å². The van der Waals surface area contributed by atoms with Gasteiger partial charge in [0, 0.05) is 31.7 Å². The van der Waals surface area contributed by atoms with E-state index >= 15 is 0 Å². The molecule has 3 fully saturated rings. The molecule has 180 valence electrons. The maximum Gasteiger partial charge on any atom is 0.299 e. The minimum absolute atomic E-state index is 0. The number of primary amides is 1. The van der Waals surface area contributed by atoms with Gasteiger partial charge in [0.2, 0.25) is 5.91 Å². The molecule has 3 saturated heterocycles. The van der Waals surface area contributed by atoms with Gasteiger partial charge in [-0.2, -0.15) is 4.98 Å². The van der Waals surface area contributed by atoms with E-state index in [-0.39, 0.29) is 36.3 Å². The number of benzene rings is 1. The maximum atomic E-state index is 12.7. The van der Waals surface area contributed by atoms with Crippen molar-refractivity contribution in [3.63, 3.8) is 0 Å². The number of hydrogen-bond acceptors (Lipinski definition) is 6. The zero-order chi connectivity index (χ0) is 22.7. The lowest BCUT2D eigenvalue weighted by Crippen LogP contribution is -2.59. The second-order valence-electron chi connectivity index (χ2n) is 9.96. The van der Waals surface area contributed by atoms with Crippen LogP contribution >= 0.6 is 12.4 Å². The molecule has 33 heavy (non-hydrogen) atoms. The Morgan fingerprint density at radius 2 is 1.82 bits per heavy atom. The fourth-order valence-corrected chi connectivity index (χ4v) is 6.33. The summed E-state index contributed by atoms with van der Waals surface area (Å²) < 4.78 is 6.08. The SMILES string of the molecule is C[C@H]1CN(C)C(=O)[C@H](C)N1c1nc2c(C(N)=O)c(C3CC4CCCC(C3)N4C)ccc2o1.Cl. The van der Waals surface area contributed by atoms with E-state index in [1.165, 1.54) is 19.3 Å². The first-order valence-corrected chi connectivity index (χ1v) is 11.7.